The first-order valence-electron chi connectivity index (χ1n) is 6.46. The SMILES string of the molecule is CCCCC#Cc1cc2ccccc2cc1CO. The summed E-state index contributed by atoms with van der Waals surface area (Å²) in [6.45, 7) is 2.21. The fraction of sp³-hybridized carbons (Fsp3) is 0.294. The summed E-state index contributed by atoms with van der Waals surface area (Å²) in [7, 11) is 0. The average molecular weight is 238 g/mol. The van der Waals surface area contributed by atoms with Crippen LogP contribution >= 0.6 is 0 Å². The summed E-state index contributed by atoms with van der Waals surface area (Å²) >= 11 is 0. The van der Waals surface area contributed by atoms with Crippen LogP contribution in [-0.4, -0.2) is 5.11 Å². The molecule has 2 aromatic carbocycles. The van der Waals surface area contributed by atoms with Gasteiger partial charge in [0.2, 0.25) is 0 Å². The lowest BCUT2D eigenvalue weighted by atomic mass is 10.0. The van der Waals surface area contributed by atoms with Crippen molar-refractivity contribution in [2.24, 2.45) is 0 Å². The fourth-order valence-electron chi connectivity index (χ4n) is 1.96. The Hall–Kier alpha value is -1.78. The molecule has 2 rings (SSSR count). The summed E-state index contributed by atoms with van der Waals surface area (Å²) in [5.74, 6) is 6.36. The van der Waals surface area contributed by atoms with Gasteiger partial charge in [-0.05, 0) is 34.9 Å². The molecule has 0 amide bonds. The van der Waals surface area contributed by atoms with E-state index in [0.717, 1.165) is 29.4 Å². The highest BCUT2D eigenvalue weighted by Crippen LogP contribution is 2.19. The summed E-state index contributed by atoms with van der Waals surface area (Å²) in [4.78, 5) is 0. The minimum Gasteiger partial charge on any atom is -0.392 e. The number of unbranched alkanes of at least 4 members (excludes halogenated alkanes) is 2. The molecule has 0 atom stereocenters. The third kappa shape index (κ3) is 2.91. The molecule has 0 fully saturated rings. The molecule has 0 saturated carbocycles. The zero-order valence-corrected chi connectivity index (χ0v) is 10.7. The van der Waals surface area contributed by atoms with Crippen molar-refractivity contribution in [3.8, 4) is 11.8 Å². The van der Waals surface area contributed by atoms with Gasteiger partial charge in [0.05, 0.1) is 6.61 Å². The van der Waals surface area contributed by atoms with Crippen molar-refractivity contribution in [2.45, 2.75) is 32.8 Å². The second-order valence-corrected chi connectivity index (χ2v) is 4.42. The topological polar surface area (TPSA) is 20.2 Å². The Morgan fingerprint density at radius 2 is 1.83 bits per heavy atom. The maximum absolute atomic E-state index is 9.41. The first kappa shape index (κ1) is 12.7. The summed E-state index contributed by atoms with van der Waals surface area (Å²) < 4.78 is 0. The van der Waals surface area contributed by atoms with Gasteiger partial charge in [-0.25, -0.2) is 0 Å². The number of aliphatic hydroxyl groups excluding tert-OH is 1. The Kier molecular flexibility index (Phi) is 4.39. The van der Waals surface area contributed by atoms with Gasteiger partial charge in [0.15, 0.2) is 0 Å². The smallest absolute Gasteiger partial charge is 0.0694 e. The van der Waals surface area contributed by atoms with E-state index in [1.807, 2.05) is 18.2 Å². The van der Waals surface area contributed by atoms with Gasteiger partial charge in [0.1, 0.15) is 0 Å². The van der Waals surface area contributed by atoms with Crippen molar-refractivity contribution in [3.63, 3.8) is 0 Å². The van der Waals surface area contributed by atoms with Crippen LogP contribution in [0.1, 0.15) is 37.3 Å². The van der Waals surface area contributed by atoms with Crippen LogP contribution in [0.15, 0.2) is 36.4 Å². The molecule has 92 valence electrons. The molecule has 0 aromatic heterocycles. The third-order valence-electron chi connectivity index (χ3n) is 3.02. The second kappa shape index (κ2) is 6.23. The minimum absolute atomic E-state index is 0.0443. The summed E-state index contributed by atoms with van der Waals surface area (Å²) in [5.41, 5.74) is 1.87. The van der Waals surface area contributed by atoms with Gasteiger partial charge < -0.3 is 5.11 Å². The van der Waals surface area contributed by atoms with Gasteiger partial charge in [-0.15, -0.1) is 0 Å². The molecule has 0 aliphatic carbocycles. The van der Waals surface area contributed by atoms with Gasteiger partial charge in [0.25, 0.3) is 0 Å². The van der Waals surface area contributed by atoms with E-state index in [9.17, 15) is 5.11 Å². The molecule has 1 heteroatoms. The van der Waals surface area contributed by atoms with Crippen LogP contribution in [-0.2, 0) is 6.61 Å². The zero-order valence-electron chi connectivity index (χ0n) is 10.7. The first-order chi connectivity index (χ1) is 8.85. The van der Waals surface area contributed by atoms with Crippen LogP contribution in [0.4, 0.5) is 0 Å². The van der Waals surface area contributed by atoms with Crippen molar-refractivity contribution in [1.29, 1.82) is 0 Å². The zero-order chi connectivity index (χ0) is 12.8. The van der Waals surface area contributed by atoms with Gasteiger partial charge in [0, 0.05) is 12.0 Å². The molecule has 0 heterocycles. The second-order valence-electron chi connectivity index (χ2n) is 4.42. The monoisotopic (exact) mass is 238 g/mol. The van der Waals surface area contributed by atoms with Crippen LogP contribution in [0.3, 0.4) is 0 Å². The Morgan fingerprint density at radius 1 is 1.11 bits per heavy atom. The van der Waals surface area contributed by atoms with E-state index in [1.54, 1.807) is 0 Å². The molecule has 0 bridgehead atoms. The third-order valence-corrected chi connectivity index (χ3v) is 3.02. The number of hydrogen-bond acceptors (Lipinski definition) is 1. The van der Waals surface area contributed by atoms with E-state index < -0.39 is 0 Å². The van der Waals surface area contributed by atoms with Gasteiger partial charge in [-0.2, -0.15) is 0 Å². The van der Waals surface area contributed by atoms with Crippen LogP contribution in [0, 0.1) is 11.8 Å². The number of hydrogen-bond donors (Lipinski definition) is 1. The summed E-state index contributed by atoms with van der Waals surface area (Å²) in [5, 5.41) is 11.7. The molecular weight excluding hydrogens is 220 g/mol. The minimum atomic E-state index is 0.0443. The molecule has 1 nitrogen and oxygen atoms in total. The first-order valence-corrected chi connectivity index (χ1v) is 6.46. The average Bonchev–Trinajstić information content (AvgIpc) is 2.42. The summed E-state index contributed by atoms with van der Waals surface area (Å²) in [6, 6.07) is 12.3. The molecule has 0 saturated heterocycles. The molecule has 2 aromatic rings. The van der Waals surface area contributed by atoms with E-state index in [-0.39, 0.29) is 6.61 Å². The molecule has 18 heavy (non-hydrogen) atoms. The molecule has 0 radical (unpaired) electrons. The largest absolute Gasteiger partial charge is 0.392 e. The quantitative estimate of drug-likeness (QED) is 0.635. The molecule has 0 unspecified atom stereocenters. The van der Waals surface area contributed by atoms with E-state index >= 15 is 0 Å². The predicted molar refractivity (Wildman–Crippen MR) is 76.3 cm³/mol. The summed E-state index contributed by atoms with van der Waals surface area (Å²) in [6.07, 6.45) is 3.22. The number of benzene rings is 2. The number of rotatable bonds is 3. The maximum atomic E-state index is 9.41. The van der Waals surface area contributed by atoms with Gasteiger partial charge in [-0.3, -0.25) is 0 Å². The normalized spacial score (nSPS) is 10.1. The Morgan fingerprint density at radius 3 is 2.50 bits per heavy atom. The maximum Gasteiger partial charge on any atom is 0.0694 e. The molecular formula is C17H18O. The van der Waals surface area contributed by atoms with E-state index in [4.69, 9.17) is 0 Å². The fourth-order valence-corrected chi connectivity index (χ4v) is 1.96. The highest BCUT2D eigenvalue weighted by atomic mass is 16.3. The Balaban J connectivity index is 2.37. The van der Waals surface area contributed by atoms with Gasteiger partial charge >= 0.3 is 0 Å². The van der Waals surface area contributed by atoms with Crippen LogP contribution < -0.4 is 0 Å². The lowest BCUT2D eigenvalue weighted by Crippen LogP contribution is -1.90. The van der Waals surface area contributed by atoms with Crippen molar-refractivity contribution in [2.75, 3.05) is 0 Å². The van der Waals surface area contributed by atoms with Crippen molar-refractivity contribution < 1.29 is 5.11 Å². The van der Waals surface area contributed by atoms with Crippen LogP contribution in [0.5, 0.6) is 0 Å². The number of fused-ring (bicyclic) bond motifs is 1. The van der Waals surface area contributed by atoms with Crippen LogP contribution in [0.2, 0.25) is 0 Å². The Bertz CT molecular complexity index is 587. The lowest BCUT2D eigenvalue weighted by molar-refractivity contribution is 0.281. The predicted octanol–water partition coefficient (Wildman–Crippen LogP) is 3.87. The van der Waals surface area contributed by atoms with Gasteiger partial charge in [-0.1, -0.05) is 49.5 Å². The highest BCUT2D eigenvalue weighted by Gasteiger charge is 2.01. The molecule has 0 aliphatic heterocycles. The molecule has 0 spiro atoms. The van der Waals surface area contributed by atoms with Crippen molar-refractivity contribution in [3.05, 3.63) is 47.5 Å². The van der Waals surface area contributed by atoms with E-state index in [2.05, 4.69) is 37.0 Å². The standard InChI is InChI=1S/C17H18O/c1-2-3-4-5-8-16-11-14-9-6-7-10-15(14)12-17(16)13-18/h6-7,9-12,18H,2-4,13H2,1H3. The van der Waals surface area contributed by atoms with Crippen molar-refractivity contribution >= 4 is 10.8 Å². The molecule has 1 N–H and O–H groups in total. The van der Waals surface area contributed by atoms with Crippen LogP contribution in [0.25, 0.3) is 10.8 Å². The van der Waals surface area contributed by atoms with E-state index in [0.29, 0.717) is 0 Å². The van der Waals surface area contributed by atoms with Crippen molar-refractivity contribution in [1.82, 2.24) is 0 Å². The Labute approximate surface area is 108 Å². The van der Waals surface area contributed by atoms with E-state index in [1.165, 1.54) is 11.8 Å². The highest BCUT2D eigenvalue weighted by molar-refractivity contribution is 5.84. The lowest BCUT2D eigenvalue weighted by Gasteiger charge is -2.04. The number of aliphatic hydroxyl groups is 1. The molecule has 0 aliphatic rings.